The van der Waals surface area contributed by atoms with Gasteiger partial charge >= 0.3 is 0 Å². The van der Waals surface area contributed by atoms with Gasteiger partial charge in [-0.1, -0.05) is 36.4 Å². The van der Waals surface area contributed by atoms with E-state index in [1.165, 1.54) is 0 Å². The maximum Gasteiger partial charge on any atom is 0.251 e. The highest BCUT2D eigenvalue weighted by molar-refractivity contribution is 5.94. The molecule has 0 bridgehead atoms. The van der Waals surface area contributed by atoms with Crippen LogP contribution in [0.1, 0.15) is 16.8 Å². The molecule has 6 nitrogen and oxygen atoms in total. The number of hydrogen-bond donors (Lipinski definition) is 2. The second kappa shape index (κ2) is 8.73. The van der Waals surface area contributed by atoms with Gasteiger partial charge in [-0.2, -0.15) is 0 Å². The molecule has 1 saturated carbocycles. The van der Waals surface area contributed by atoms with Crippen LogP contribution in [0.15, 0.2) is 60.7 Å². The summed E-state index contributed by atoms with van der Waals surface area (Å²) in [7, 11) is 0. The van der Waals surface area contributed by atoms with E-state index in [-0.39, 0.29) is 24.1 Å². The number of morpholine rings is 1. The van der Waals surface area contributed by atoms with Crippen molar-refractivity contribution in [2.75, 3.05) is 26.3 Å². The zero-order chi connectivity index (χ0) is 19.3. The number of nitrogens with zero attached hydrogens (tertiary/aromatic N) is 1. The second-order valence-electron chi connectivity index (χ2n) is 7.28. The van der Waals surface area contributed by atoms with Crippen molar-refractivity contribution in [3.8, 4) is 5.75 Å². The highest BCUT2D eigenvalue weighted by Crippen LogP contribution is 2.30. The highest BCUT2D eigenvalue weighted by atomic mass is 16.5. The lowest BCUT2D eigenvalue weighted by Crippen LogP contribution is -2.56. The molecule has 0 spiro atoms. The number of nitrogens with one attached hydrogen (secondary N) is 1. The Balaban J connectivity index is 1.52. The Hall–Kier alpha value is -2.41. The summed E-state index contributed by atoms with van der Waals surface area (Å²) < 4.78 is 11.5. The number of hydrogen-bond acceptors (Lipinski definition) is 5. The summed E-state index contributed by atoms with van der Waals surface area (Å²) in [5.74, 6) is 0.596. The topological polar surface area (TPSA) is 71.0 Å². The van der Waals surface area contributed by atoms with Crippen molar-refractivity contribution in [3.63, 3.8) is 0 Å². The minimum atomic E-state index is -0.695. The van der Waals surface area contributed by atoms with Crippen LogP contribution >= 0.6 is 0 Å². The lowest BCUT2D eigenvalue weighted by atomic mass is 10.1. The summed E-state index contributed by atoms with van der Waals surface area (Å²) in [6.07, 6.45) is -0.521. The molecule has 1 amide bonds. The number of rotatable bonds is 5. The molecule has 0 radical (unpaired) electrons. The van der Waals surface area contributed by atoms with E-state index >= 15 is 0 Å². The molecule has 2 aromatic carbocycles. The zero-order valence-electron chi connectivity index (χ0n) is 15.7. The molecule has 1 heterocycles. The van der Waals surface area contributed by atoms with Gasteiger partial charge in [0.1, 0.15) is 18.0 Å². The normalized spacial score (nSPS) is 28.0. The lowest BCUT2D eigenvalue weighted by Gasteiger charge is -2.37. The summed E-state index contributed by atoms with van der Waals surface area (Å²) >= 11 is 0. The largest absolute Gasteiger partial charge is 0.488 e. The van der Waals surface area contributed by atoms with Gasteiger partial charge in [0.25, 0.3) is 5.91 Å². The number of amides is 1. The van der Waals surface area contributed by atoms with E-state index < -0.39 is 6.10 Å². The number of carbonyl (C=O) groups is 1. The van der Waals surface area contributed by atoms with E-state index in [2.05, 4.69) is 10.2 Å². The van der Waals surface area contributed by atoms with Crippen molar-refractivity contribution >= 4 is 5.91 Å². The number of aliphatic hydroxyl groups is 1. The van der Waals surface area contributed by atoms with Crippen LogP contribution in [-0.4, -0.2) is 66.5 Å². The van der Waals surface area contributed by atoms with Crippen molar-refractivity contribution in [2.24, 2.45) is 0 Å². The molecular formula is C22H26N2O4. The van der Waals surface area contributed by atoms with E-state index in [0.29, 0.717) is 25.2 Å². The molecule has 4 atom stereocenters. The van der Waals surface area contributed by atoms with Gasteiger partial charge in [-0.25, -0.2) is 0 Å². The van der Waals surface area contributed by atoms with Crippen molar-refractivity contribution in [2.45, 2.75) is 30.7 Å². The van der Waals surface area contributed by atoms with Crippen LogP contribution in [0.3, 0.4) is 0 Å². The summed E-state index contributed by atoms with van der Waals surface area (Å²) in [6.45, 7) is 2.73. The second-order valence-corrected chi connectivity index (χ2v) is 7.28. The summed E-state index contributed by atoms with van der Waals surface area (Å²) in [6, 6.07) is 18.3. The molecule has 0 unspecified atom stereocenters. The van der Waals surface area contributed by atoms with E-state index in [0.717, 1.165) is 18.8 Å². The van der Waals surface area contributed by atoms with Crippen molar-refractivity contribution in [1.82, 2.24) is 10.2 Å². The van der Waals surface area contributed by atoms with Gasteiger partial charge in [0, 0.05) is 25.1 Å². The Morgan fingerprint density at radius 3 is 2.36 bits per heavy atom. The molecule has 0 aromatic heterocycles. The predicted molar refractivity (Wildman–Crippen MR) is 105 cm³/mol. The monoisotopic (exact) mass is 382 g/mol. The standard InChI is InChI=1S/C22H26N2O4/c25-21-19(28-17-9-5-2-6-10-17)15-18(20(21)24-11-13-27-14-12-24)23-22(26)16-7-3-1-4-8-16/h1-10,18-21,25H,11-15H2,(H,23,26)/t18-,19-,20+,21+/m1/s1. The molecule has 148 valence electrons. The van der Waals surface area contributed by atoms with Gasteiger partial charge < -0.3 is 19.9 Å². The first-order chi connectivity index (χ1) is 13.7. The molecule has 28 heavy (non-hydrogen) atoms. The van der Waals surface area contributed by atoms with Crippen LogP contribution in [0.25, 0.3) is 0 Å². The van der Waals surface area contributed by atoms with Gasteiger partial charge in [-0.3, -0.25) is 9.69 Å². The quantitative estimate of drug-likeness (QED) is 0.824. The maximum absolute atomic E-state index is 12.7. The van der Waals surface area contributed by atoms with Crippen LogP contribution in [0.2, 0.25) is 0 Å². The fourth-order valence-electron chi connectivity index (χ4n) is 4.11. The maximum atomic E-state index is 12.7. The molecule has 6 heteroatoms. The summed E-state index contributed by atoms with van der Waals surface area (Å²) in [5.41, 5.74) is 0.616. The third kappa shape index (κ3) is 4.19. The summed E-state index contributed by atoms with van der Waals surface area (Å²) in [5, 5.41) is 14.2. The van der Waals surface area contributed by atoms with Crippen molar-refractivity contribution in [1.29, 1.82) is 0 Å². The number of benzene rings is 2. The average molecular weight is 382 g/mol. The predicted octanol–water partition coefficient (Wildman–Crippen LogP) is 1.70. The van der Waals surface area contributed by atoms with Crippen LogP contribution < -0.4 is 10.1 Å². The fourth-order valence-corrected chi connectivity index (χ4v) is 4.11. The Kier molecular flexibility index (Phi) is 5.90. The first-order valence-corrected chi connectivity index (χ1v) is 9.80. The molecule has 2 N–H and O–H groups in total. The molecule has 2 aliphatic rings. The van der Waals surface area contributed by atoms with Crippen LogP contribution in [0, 0.1) is 0 Å². The third-order valence-corrected chi connectivity index (χ3v) is 5.48. The number of para-hydroxylation sites is 1. The molecule has 1 saturated heterocycles. The van der Waals surface area contributed by atoms with Gasteiger partial charge in [0.05, 0.1) is 25.3 Å². The van der Waals surface area contributed by atoms with Crippen molar-refractivity contribution in [3.05, 3.63) is 66.2 Å². The van der Waals surface area contributed by atoms with E-state index in [1.807, 2.05) is 48.5 Å². The van der Waals surface area contributed by atoms with E-state index in [1.54, 1.807) is 12.1 Å². The zero-order valence-corrected chi connectivity index (χ0v) is 15.7. The smallest absolute Gasteiger partial charge is 0.251 e. The number of ether oxygens (including phenoxy) is 2. The van der Waals surface area contributed by atoms with Crippen LogP contribution in [-0.2, 0) is 4.74 Å². The van der Waals surface area contributed by atoms with Crippen LogP contribution in [0.5, 0.6) is 5.75 Å². The third-order valence-electron chi connectivity index (χ3n) is 5.48. The molecule has 1 aliphatic heterocycles. The molecule has 2 fully saturated rings. The first-order valence-electron chi connectivity index (χ1n) is 9.80. The SMILES string of the molecule is O=C(N[C@@H]1C[C@@H](Oc2ccccc2)[C@H](O)[C@H]1N1CCOCC1)c1ccccc1. The van der Waals surface area contributed by atoms with Gasteiger partial charge in [0.2, 0.25) is 0 Å². The van der Waals surface area contributed by atoms with Gasteiger partial charge in [0.15, 0.2) is 0 Å². The Labute approximate surface area is 165 Å². The minimum Gasteiger partial charge on any atom is -0.488 e. The number of aliphatic hydroxyl groups excluding tert-OH is 1. The Morgan fingerprint density at radius 1 is 1.04 bits per heavy atom. The molecule has 1 aliphatic carbocycles. The van der Waals surface area contributed by atoms with Crippen LogP contribution in [0.4, 0.5) is 0 Å². The Bertz CT molecular complexity index is 765. The molecule has 4 rings (SSSR count). The first kappa shape index (κ1) is 18.9. The number of carbonyl (C=O) groups excluding carboxylic acids is 1. The van der Waals surface area contributed by atoms with Gasteiger partial charge in [-0.15, -0.1) is 0 Å². The minimum absolute atomic E-state index is 0.128. The van der Waals surface area contributed by atoms with Crippen molar-refractivity contribution < 1.29 is 19.4 Å². The summed E-state index contributed by atoms with van der Waals surface area (Å²) in [4.78, 5) is 14.9. The molecule has 2 aromatic rings. The highest BCUT2D eigenvalue weighted by Gasteiger charge is 2.47. The lowest BCUT2D eigenvalue weighted by molar-refractivity contribution is -0.0350. The Morgan fingerprint density at radius 2 is 1.68 bits per heavy atom. The fraction of sp³-hybridized carbons (Fsp3) is 0.409. The van der Waals surface area contributed by atoms with E-state index in [9.17, 15) is 9.90 Å². The molecular weight excluding hydrogens is 356 g/mol. The average Bonchev–Trinajstić information content (AvgIpc) is 3.04. The van der Waals surface area contributed by atoms with E-state index in [4.69, 9.17) is 9.47 Å². The van der Waals surface area contributed by atoms with Gasteiger partial charge in [-0.05, 0) is 24.3 Å².